The van der Waals surface area contributed by atoms with E-state index in [0.717, 1.165) is 12.8 Å². The van der Waals surface area contributed by atoms with Crippen molar-refractivity contribution in [3.63, 3.8) is 0 Å². The molecule has 2 bridgehead atoms. The molecule has 0 aromatic carbocycles. The second-order valence-corrected chi connectivity index (χ2v) is 6.07. The monoisotopic (exact) mass is 202 g/mol. The zero-order valence-corrected chi connectivity index (χ0v) is 8.18. The van der Waals surface area contributed by atoms with Crippen LogP contribution in [0.4, 0.5) is 0 Å². The number of nitrogens with two attached hydrogens (primary N) is 2. The lowest BCUT2D eigenvalue weighted by Gasteiger charge is -2.33. The highest BCUT2D eigenvalue weighted by Crippen LogP contribution is 2.39. The Kier molecular flexibility index (Phi) is 1.96. The smallest absolute Gasteiger partial charge is 0.237 e. The van der Waals surface area contributed by atoms with Gasteiger partial charge in [0.2, 0.25) is 5.91 Å². The normalized spacial score (nSPS) is 49.2. The molecule has 2 saturated heterocycles. The molecule has 5 heteroatoms. The molecule has 0 aliphatic carbocycles. The number of carbonyl (C=O) groups is 1. The molecule has 2 heterocycles. The van der Waals surface area contributed by atoms with Crippen LogP contribution >= 0.6 is 0 Å². The van der Waals surface area contributed by atoms with Crippen LogP contribution in [0.2, 0.25) is 0 Å². The molecule has 0 aromatic heterocycles. The minimum Gasteiger partial charge on any atom is -0.368 e. The summed E-state index contributed by atoms with van der Waals surface area (Å²) in [4.78, 5) is 11.1. The lowest BCUT2D eigenvalue weighted by atomic mass is 9.90. The molecule has 1 amide bonds. The lowest BCUT2D eigenvalue weighted by molar-refractivity contribution is -0.123. The number of hydrogen-bond donors (Lipinski definition) is 2. The van der Waals surface area contributed by atoms with Crippen molar-refractivity contribution >= 4 is 16.7 Å². The van der Waals surface area contributed by atoms with E-state index in [-0.39, 0.29) is 10.5 Å². The van der Waals surface area contributed by atoms with Gasteiger partial charge >= 0.3 is 0 Å². The van der Waals surface area contributed by atoms with Gasteiger partial charge in [-0.3, -0.25) is 9.00 Å². The van der Waals surface area contributed by atoms with Crippen LogP contribution in [0.5, 0.6) is 0 Å². The molecule has 2 unspecified atom stereocenters. The molecule has 0 radical (unpaired) electrons. The first kappa shape index (κ1) is 9.15. The zero-order valence-electron chi connectivity index (χ0n) is 7.36. The summed E-state index contributed by atoms with van der Waals surface area (Å²) in [6.07, 6.45) is 2.88. The highest BCUT2D eigenvalue weighted by Gasteiger charge is 2.49. The number of primary amides is 1. The molecular formula is C8H14N2O2S. The van der Waals surface area contributed by atoms with Gasteiger partial charge in [0.15, 0.2) is 0 Å². The SMILES string of the molecule is NC(=O)C1(N)CC2CCC(C1)S2=O. The highest BCUT2D eigenvalue weighted by molar-refractivity contribution is 7.86. The summed E-state index contributed by atoms with van der Waals surface area (Å²) in [5, 5.41) is 0.215. The fourth-order valence-corrected chi connectivity index (χ4v) is 4.55. The summed E-state index contributed by atoms with van der Waals surface area (Å²) in [5.41, 5.74) is 10.2. The summed E-state index contributed by atoms with van der Waals surface area (Å²) in [5.74, 6) is -0.443. The topological polar surface area (TPSA) is 86.2 Å². The maximum atomic E-state index is 11.6. The molecule has 2 atom stereocenters. The zero-order chi connectivity index (χ0) is 9.64. The van der Waals surface area contributed by atoms with E-state index in [1.807, 2.05) is 0 Å². The number of carbonyl (C=O) groups excluding carboxylic acids is 1. The predicted molar refractivity (Wildman–Crippen MR) is 50.3 cm³/mol. The summed E-state index contributed by atoms with van der Waals surface area (Å²) >= 11 is 0. The van der Waals surface area contributed by atoms with Gasteiger partial charge in [-0.05, 0) is 25.7 Å². The molecule has 2 rings (SSSR count). The maximum absolute atomic E-state index is 11.6. The third kappa shape index (κ3) is 1.30. The van der Waals surface area contributed by atoms with Gasteiger partial charge in [-0.15, -0.1) is 0 Å². The summed E-state index contributed by atoms with van der Waals surface area (Å²) in [6.45, 7) is 0. The van der Waals surface area contributed by atoms with Crippen LogP contribution in [-0.2, 0) is 15.6 Å². The third-order valence-electron chi connectivity index (χ3n) is 3.14. The van der Waals surface area contributed by atoms with Crippen molar-refractivity contribution < 1.29 is 9.00 Å². The van der Waals surface area contributed by atoms with Crippen molar-refractivity contribution in [3.05, 3.63) is 0 Å². The first-order chi connectivity index (χ1) is 6.03. The van der Waals surface area contributed by atoms with Crippen LogP contribution in [0, 0.1) is 0 Å². The van der Waals surface area contributed by atoms with Crippen molar-refractivity contribution in [2.75, 3.05) is 0 Å². The Bertz CT molecular complexity index is 263. The lowest BCUT2D eigenvalue weighted by Crippen LogP contribution is -2.58. The molecule has 2 fully saturated rings. The minimum atomic E-state index is -0.889. The highest BCUT2D eigenvalue weighted by atomic mass is 32.2. The second kappa shape index (κ2) is 2.78. The Labute approximate surface area is 79.5 Å². The molecule has 0 saturated carbocycles. The average Bonchev–Trinajstić information content (AvgIpc) is 2.33. The Morgan fingerprint density at radius 1 is 1.31 bits per heavy atom. The van der Waals surface area contributed by atoms with E-state index in [0.29, 0.717) is 12.8 Å². The van der Waals surface area contributed by atoms with E-state index in [4.69, 9.17) is 11.5 Å². The molecule has 4 N–H and O–H groups in total. The van der Waals surface area contributed by atoms with Gasteiger partial charge < -0.3 is 11.5 Å². The van der Waals surface area contributed by atoms with Gasteiger partial charge in [0, 0.05) is 21.3 Å². The number of rotatable bonds is 1. The second-order valence-electron chi connectivity index (χ2n) is 4.08. The standard InChI is InChI=1S/C8H14N2O2S/c9-7(11)8(10)3-5-1-2-6(4-8)13(5)12/h5-6H,1-4,10H2,(H2,9,11). The van der Waals surface area contributed by atoms with Crippen LogP contribution in [0.1, 0.15) is 25.7 Å². The van der Waals surface area contributed by atoms with Crippen molar-refractivity contribution in [1.29, 1.82) is 0 Å². The Morgan fingerprint density at radius 3 is 2.15 bits per heavy atom. The Hall–Kier alpha value is -0.420. The van der Waals surface area contributed by atoms with E-state index >= 15 is 0 Å². The van der Waals surface area contributed by atoms with Gasteiger partial charge in [-0.25, -0.2) is 0 Å². The summed E-state index contributed by atoms with van der Waals surface area (Å²) in [6, 6.07) is 0. The van der Waals surface area contributed by atoms with E-state index in [9.17, 15) is 9.00 Å². The third-order valence-corrected chi connectivity index (χ3v) is 5.26. The minimum absolute atomic E-state index is 0.108. The summed E-state index contributed by atoms with van der Waals surface area (Å²) in [7, 11) is -0.770. The number of hydrogen-bond acceptors (Lipinski definition) is 3. The van der Waals surface area contributed by atoms with Crippen molar-refractivity contribution in [2.24, 2.45) is 11.5 Å². The van der Waals surface area contributed by atoms with Gasteiger partial charge in [-0.2, -0.15) is 0 Å². The predicted octanol–water partition coefficient (Wildman–Crippen LogP) is -0.757. The molecule has 74 valence electrons. The van der Waals surface area contributed by atoms with Crippen molar-refractivity contribution in [2.45, 2.75) is 41.7 Å². The molecule has 4 nitrogen and oxygen atoms in total. The van der Waals surface area contributed by atoms with Crippen molar-refractivity contribution in [1.82, 2.24) is 0 Å². The van der Waals surface area contributed by atoms with Gasteiger partial charge in [0.05, 0.1) is 5.54 Å². The number of fused-ring (bicyclic) bond motifs is 2. The first-order valence-corrected chi connectivity index (χ1v) is 5.79. The van der Waals surface area contributed by atoms with Gasteiger partial charge in [-0.1, -0.05) is 0 Å². The van der Waals surface area contributed by atoms with Crippen LogP contribution in [-0.4, -0.2) is 26.2 Å². The van der Waals surface area contributed by atoms with Crippen LogP contribution in [0.25, 0.3) is 0 Å². The molecule has 13 heavy (non-hydrogen) atoms. The molecule has 0 spiro atoms. The molecule has 2 aliphatic heterocycles. The first-order valence-electron chi connectivity index (χ1n) is 4.51. The maximum Gasteiger partial charge on any atom is 0.237 e. The Morgan fingerprint density at radius 2 is 1.77 bits per heavy atom. The van der Waals surface area contributed by atoms with E-state index in [2.05, 4.69) is 0 Å². The largest absolute Gasteiger partial charge is 0.368 e. The summed E-state index contributed by atoms with van der Waals surface area (Å²) < 4.78 is 11.6. The van der Waals surface area contributed by atoms with E-state index in [1.165, 1.54) is 0 Å². The van der Waals surface area contributed by atoms with Gasteiger partial charge in [0.1, 0.15) is 0 Å². The Balaban J connectivity index is 2.23. The van der Waals surface area contributed by atoms with E-state index < -0.39 is 22.2 Å². The van der Waals surface area contributed by atoms with Crippen LogP contribution in [0.3, 0.4) is 0 Å². The van der Waals surface area contributed by atoms with Crippen LogP contribution < -0.4 is 11.5 Å². The molecule has 2 aliphatic rings. The molecular weight excluding hydrogens is 188 g/mol. The van der Waals surface area contributed by atoms with Gasteiger partial charge in [0.25, 0.3) is 0 Å². The quantitative estimate of drug-likeness (QED) is 0.586. The average molecular weight is 202 g/mol. The fourth-order valence-electron chi connectivity index (χ4n) is 2.34. The molecule has 0 aromatic rings. The van der Waals surface area contributed by atoms with Crippen LogP contribution in [0.15, 0.2) is 0 Å². The number of amides is 1. The van der Waals surface area contributed by atoms with E-state index in [1.54, 1.807) is 0 Å². The fraction of sp³-hybridized carbons (Fsp3) is 0.875. The van der Waals surface area contributed by atoms with Crippen molar-refractivity contribution in [3.8, 4) is 0 Å².